The van der Waals surface area contributed by atoms with E-state index in [9.17, 15) is 4.79 Å². The van der Waals surface area contributed by atoms with Crippen LogP contribution in [0.15, 0.2) is 48.5 Å². The molecule has 0 atom stereocenters. The zero-order chi connectivity index (χ0) is 20.3. The normalized spacial score (nSPS) is 10.7. The number of hydrogen-bond donors (Lipinski definition) is 1. The number of rotatable bonds is 7. The molecular formula is C22H23ClN2O3. The Morgan fingerprint density at radius 2 is 1.79 bits per heavy atom. The first-order valence-corrected chi connectivity index (χ1v) is 9.29. The molecule has 1 amide bonds. The summed E-state index contributed by atoms with van der Waals surface area (Å²) in [5, 5.41) is 0.628. The molecule has 1 heterocycles. The molecule has 5 nitrogen and oxygen atoms in total. The lowest BCUT2D eigenvalue weighted by Crippen LogP contribution is -2.13. The van der Waals surface area contributed by atoms with E-state index >= 15 is 0 Å². The van der Waals surface area contributed by atoms with E-state index in [1.54, 1.807) is 14.2 Å². The molecular weight excluding hydrogens is 376 g/mol. The van der Waals surface area contributed by atoms with Gasteiger partial charge in [0.2, 0.25) is 0 Å². The molecule has 0 saturated heterocycles. The van der Waals surface area contributed by atoms with Crippen molar-refractivity contribution in [2.75, 3.05) is 14.2 Å². The van der Waals surface area contributed by atoms with Gasteiger partial charge in [-0.3, -0.25) is 4.79 Å². The Balaban J connectivity index is 1.97. The second-order valence-electron chi connectivity index (χ2n) is 6.46. The molecule has 0 saturated carbocycles. The highest BCUT2D eigenvalue weighted by molar-refractivity contribution is 6.33. The number of carbonyl (C=O) groups excluding carboxylic acids is 1. The van der Waals surface area contributed by atoms with Gasteiger partial charge in [0.05, 0.1) is 25.5 Å². The summed E-state index contributed by atoms with van der Waals surface area (Å²) in [5.41, 5.74) is 9.73. The van der Waals surface area contributed by atoms with Gasteiger partial charge in [0.15, 0.2) is 11.5 Å². The molecule has 0 spiro atoms. The van der Waals surface area contributed by atoms with Gasteiger partial charge in [0.1, 0.15) is 0 Å². The molecule has 1 aromatic heterocycles. The van der Waals surface area contributed by atoms with Gasteiger partial charge < -0.3 is 19.8 Å². The van der Waals surface area contributed by atoms with Gasteiger partial charge in [-0.2, -0.15) is 0 Å². The molecule has 6 heteroatoms. The summed E-state index contributed by atoms with van der Waals surface area (Å²) in [6.45, 7) is 2.56. The first-order chi connectivity index (χ1) is 13.5. The number of nitrogens with two attached hydrogens (primary N) is 1. The molecule has 2 aromatic carbocycles. The fourth-order valence-electron chi connectivity index (χ4n) is 3.35. The smallest absolute Gasteiger partial charge is 0.250 e. The number of halogens is 1. The van der Waals surface area contributed by atoms with E-state index < -0.39 is 5.91 Å². The number of methoxy groups -OCH3 is 2. The minimum Gasteiger partial charge on any atom is -0.493 e. The number of nitrogens with zero attached hydrogens (tertiary/aromatic N) is 1. The molecule has 0 aliphatic heterocycles. The van der Waals surface area contributed by atoms with E-state index in [-0.39, 0.29) is 0 Å². The highest BCUT2D eigenvalue weighted by atomic mass is 35.5. The third kappa shape index (κ3) is 3.85. The number of hydrogen-bond acceptors (Lipinski definition) is 3. The van der Waals surface area contributed by atoms with Crippen LogP contribution in [0.2, 0.25) is 5.02 Å². The number of amides is 1. The monoisotopic (exact) mass is 398 g/mol. The van der Waals surface area contributed by atoms with Gasteiger partial charge in [0, 0.05) is 22.8 Å². The molecule has 0 bridgehead atoms. The van der Waals surface area contributed by atoms with Crippen molar-refractivity contribution in [2.24, 2.45) is 5.73 Å². The fourth-order valence-corrected chi connectivity index (χ4v) is 3.58. The predicted octanol–water partition coefficient (Wildman–Crippen LogP) is 4.48. The summed E-state index contributed by atoms with van der Waals surface area (Å²) in [6, 6.07) is 15.2. The lowest BCUT2D eigenvalue weighted by atomic mass is 10.1. The standard InChI is InChI=1S/C22H23ClN2O3/c1-14-17(22(24)26)13-19(16-6-4-5-7-18(16)23)25(14)11-10-15-8-9-20(27-2)21(12-15)28-3/h4-9,12-13H,10-11H2,1-3H3,(H2,24,26). The van der Waals surface area contributed by atoms with Crippen LogP contribution < -0.4 is 15.2 Å². The van der Waals surface area contributed by atoms with Crippen molar-refractivity contribution in [2.45, 2.75) is 19.9 Å². The number of ether oxygens (including phenoxy) is 2. The number of carbonyl (C=O) groups is 1. The number of primary amides is 1. The molecule has 146 valence electrons. The van der Waals surface area contributed by atoms with Crippen molar-refractivity contribution in [3.8, 4) is 22.8 Å². The highest BCUT2D eigenvalue weighted by Crippen LogP contribution is 2.32. The van der Waals surface area contributed by atoms with E-state index in [0.29, 0.717) is 28.6 Å². The van der Waals surface area contributed by atoms with E-state index in [0.717, 1.165) is 28.9 Å². The van der Waals surface area contributed by atoms with Gasteiger partial charge in [-0.15, -0.1) is 0 Å². The molecule has 28 heavy (non-hydrogen) atoms. The zero-order valence-electron chi connectivity index (χ0n) is 16.2. The van der Waals surface area contributed by atoms with Gasteiger partial charge in [0.25, 0.3) is 5.91 Å². The second-order valence-corrected chi connectivity index (χ2v) is 6.87. The summed E-state index contributed by atoms with van der Waals surface area (Å²) >= 11 is 6.40. The van der Waals surface area contributed by atoms with Crippen LogP contribution in [0.5, 0.6) is 11.5 Å². The lowest BCUT2D eigenvalue weighted by molar-refractivity contribution is 0.0999. The van der Waals surface area contributed by atoms with E-state index in [1.165, 1.54) is 0 Å². The van der Waals surface area contributed by atoms with Crippen LogP contribution in [-0.4, -0.2) is 24.7 Å². The van der Waals surface area contributed by atoms with Crippen LogP contribution in [0.3, 0.4) is 0 Å². The van der Waals surface area contributed by atoms with Crippen molar-refractivity contribution >= 4 is 17.5 Å². The quantitative estimate of drug-likeness (QED) is 0.638. The average molecular weight is 399 g/mol. The first-order valence-electron chi connectivity index (χ1n) is 8.92. The number of benzene rings is 2. The summed E-state index contributed by atoms with van der Waals surface area (Å²) in [7, 11) is 3.23. The SMILES string of the molecule is COc1ccc(CCn2c(-c3ccccc3Cl)cc(C(N)=O)c2C)cc1OC. The summed E-state index contributed by atoms with van der Waals surface area (Å²) in [5.74, 6) is 0.931. The third-order valence-electron chi connectivity index (χ3n) is 4.85. The average Bonchev–Trinajstić information content (AvgIpc) is 3.02. The minimum absolute atomic E-state index is 0.448. The third-order valence-corrected chi connectivity index (χ3v) is 5.18. The molecule has 0 aliphatic rings. The van der Waals surface area contributed by atoms with Crippen LogP contribution >= 0.6 is 11.6 Å². The Hall–Kier alpha value is -2.92. The van der Waals surface area contributed by atoms with Gasteiger partial charge in [-0.05, 0) is 43.2 Å². The highest BCUT2D eigenvalue weighted by Gasteiger charge is 2.18. The maximum absolute atomic E-state index is 11.9. The first kappa shape index (κ1) is 19.8. The summed E-state index contributed by atoms with van der Waals surface area (Å²) in [4.78, 5) is 11.9. The Bertz CT molecular complexity index is 1010. The van der Waals surface area contributed by atoms with Crippen LogP contribution in [-0.2, 0) is 13.0 Å². The summed E-state index contributed by atoms with van der Waals surface area (Å²) < 4.78 is 12.8. The van der Waals surface area contributed by atoms with Gasteiger partial charge >= 0.3 is 0 Å². The van der Waals surface area contributed by atoms with Crippen molar-refractivity contribution in [1.82, 2.24) is 4.57 Å². The lowest BCUT2D eigenvalue weighted by Gasteiger charge is -2.14. The van der Waals surface area contributed by atoms with Crippen molar-refractivity contribution in [1.29, 1.82) is 0 Å². The molecule has 2 N–H and O–H groups in total. The molecule has 3 rings (SSSR count). The Morgan fingerprint density at radius 3 is 2.43 bits per heavy atom. The fraction of sp³-hybridized carbons (Fsp3) is 0.227. The van der Waals surface area contributed by atoms with Crippen molar-refractivity contribution in [3.63, 3.8) is 0 Å². The van der Waals surface area contributed by atoms with E-state index in [2.05, 4.69) is 4.57 Å². The maximum Gasteiger partial charge on any atom is 0.250 e. The largest absolute Gasteiger partial charge is 0.493 e. The Labute approximate surface area is 169 Å². The van der Waals surface area contributed by atoms with Gasteiger partial charge in [-0.25, -0.2) is 0 Å². The van der Waals surface area contributed by atoms with Crippen LogP contribution in [0.1, 0.15) is 21.6 Å². The van der Waals surface area contributed by atoms with E-state index in [4.69, 9.17) is 26.8 Å². The Kier molecular flexibility index (Phi) is 5.95. The van der Waals surface area contributed by atoms with Crippen molar-refractivity contribution in [3.05, 3.63) is 70.4 Å². The second kappa shape index (κ2) is 8.40. The molecule has 0 radical (unpaired) electrons. The van der Waals surface area contributed by atoms with E-state index in [1.807, 2.05) is 55.5 Å². The van der Waals surface area contributed by atoms with Crippen LogP contribution in [0, 0.1) is 6.92 Å². The van der Waals surface area contributed by atoms with Crippen LogP contribution in [0.4, 0.5) is 0 Å². The number of aromatic nitrogens is 1. The summed E-state index contributed by atoms with van der Waals surface area (Å²) in [6.07, 6.45) is 0.742. The maximum atomic E-state index is 11.9. The topological polar surface area (TPSA) is 66.5 Å². The van der Waals surface area contributed by atoms with Gasteiger partial charge in [-0.1, -0.05) is 35.9 Å². The minimum atomic E-state index is -0.448. The van der Waals surface area contributed by atoms with Crippen molar-refractivity contribution < 1.29 is 14.3 Å². The van der Waals surface area contributed by atoms with Crippen LogP contribution in [0.25, 0.3) is 11.3 Å². The molecule has 3 aromatic rings. The number of aryl methyl sites for hydroxylation is 1. The molecule has 0 fully saturated rings. The zero-order valence-corrected chi connectivity index (χ0v) is 16.9. The molecule has 0 unspecified atom stereocenters. The Morgan fingerprint density at radius 1 is 1.07 bits per heavy atom. The molecule has 0 aliphatic carbocycles. The predicted molar refractivity (Wildman–Crippen MR) is 111 cm³/mol.